The van der Waals surface area contributed by atoms with Gasteiger partial charge in [-0.25, -0.2) is 8.42 Å². The van der Waals surface area contributed by atoms with Crippen LogP contribution in [0, 0.1) is 5.92 Å². The van der Waals surface area contributed by atoms with Gasteiger partial charge in [0.2, 0.25) is 5.91 Å². The number of sulfonamides is 1. The van der Waals surface area contributed by atoms with Crippen LogP contribution in [0.1, 0.15) is 56.6 Å². The van der Waals surface area contributed by atoms with E-state index in [4.69, 9.17) is 9.84 Å². The molecule has 35 heavy (non-hydrogen) atoms. The van der Waals surface area contributed by atoms with Crippen molar-refractivity contribution in [3.05, 3.63) is 54.1 Å². The highest BCUT2D eigenvalue weighted by Gasteiger charge is 2.52. The number of carboxylic acid groups (broad SMARTS) is 1. The van der Waals surface area contributed by atoms with E-state index in [1.165, 1.54) is 7.11 Å². The summed E-state index contributed by atoms with van der Waals surface area (Å²) < 4.78 is 34.7. The molecular weight excluding hydrogens is 468 g/mol. The van der Waals surface area contributed by atoms with Gasteiger partial charge in [0.25, 0.3) is 10.0 Å². The predicted molar refractivity (Wildman–Crippen MR) is 130 cm³/mol. The van der Waals surface area contributed by atoms with Crippen LogP contribution in [0.25, 0.3) is 0 Å². The van der Waals surface area contributed by atoms with E-state index in [0.717, 1.165) is 31.2 Å². The van der Waals surface area contributed by atoms with Crippen molar-refractivity contribution in [1.82, 2.24) is 4.90 Å². The minimum atomic E-state index is -3.85. The smallest absolute Gasteiger partial charge is 0.303 e. The van der Waals surface area contributed by atoms with Crippen LogP contribution in [-0.2, 0) is 19.6 Å². The lowest BCUT2D eigenvalue weighted by atomic mass is 9.82. The second-order valence-corrected chi connectivity index (χ2v) is 11.4. The highest BCUT2D eigenvalue weighted by molar-refractivity contribution is 7.92. The molecule has 3 atom stereocenters. The van der Waals surface area contributed by atoms with E-state index in [9.17, 15) is 18.0 Å². The zero-order chi connectivity index (χ0) is 24.7. The van der Waals surface area contributed by atoms with E-state index in [-0.39, 0.29) is 47.7 Å². The number of anilines is 1. The fraction of sp³-hybridized carbons (Fsp3) is 0.462. The summed E-state index contributed by atoms with van der Waals surface area (Å²) in [4.78, 5) is 26.5. The molecule has 2 fully saturated rings. The number of benzene rings is 2. The molecule has 186 valence electrons. The molecule has 1 amide bonds. The van der Waals surface area contributed by atoms with Crippen LogP contribution < -0.4 is 9.04 Å². The highest BCUT2D eigenvalue weighted by atomic mass is 32.2. The third kappa shape index (κ3) is 4.26. The molecule has 2 saturated carbocycles. The molecule has 0 saturated heterocycles. The molecule has 2 aliphatic carbocycles. The van der Waals surface area contributed by atoms with Gasteiger partial charge in [-0.05, 0) is 61.6 Å². The van der Waals surface area contributed by atoms with Gasteiger partial charge in [-0.2, -0.15) is 0 Å². The Kier molecular flexibility index (Phi) is 6.21. The van der Waals surface area contributed by atoms with Crippen LogP contribution in [0.15, 0.2) is 53.4 Å². The Balaban J connectivity index is 1.58. The summed E-state index contributed by atoms with van der Waals surface area (Å²) in [6.45, 7) is 0. The summed E-state index contributed by atoms with van der Waals surface area (Å²) in [7, 11) is -2.31. The lowest BCUT2D eigenvalue weighted by molar-refractivity contribution is -0.142. The molecular formula is C26H30N2O6S. The summed E-state index contributed by atoms with van der Waals surface area (Å²) in [5.41, 5.74) is 1.43. The zero-order valence-electron chi connectivity index (χ0n) is 19.7. The summed E-state index contributed by atoms with van der Waals surface area (Å²) in [6.07, 6.45) is 3.93. The summed E-state index contributed by atoms with van der Waals surface area (Å²) in [5.74, 6) is -0.616. The van der Waals surface area contributed by atoms with Gasteiger partial charge in [0.1, 0.15) is 5.75 Å². The van der Waals surface area contributed by atoms with Gasteiger partial charge in [0.15, 0.2) is 0 Å². The molecule has 2 aromatic rings. The average Bonchev–Trinajstić information content (AvgIpc) is 3.58. The van der Waals surface area contributed by atoms with Crippen LogP contribution >= 0.6 is 0 Å². The Hall–Kier alpha value is -3.07. The van der Waals surface area contributed by atoms with E-state index in [0.29, 0.717) is 17.9 Å². The minimum Gasteiger partial charge on any atom is -0.497 e. The first-order valence-corrected chi connectivity index (χ1v) is 13.6. The van der Waals surface area contributed by atoms with Crippen molar-refractivity contribution in [3.63, 3.8) is 0 Å². The molecule has 1 N–H and O–H groups in total. The van der Waals surface area contributed by atoms with Crippen molar-refractivity contribution in [2.75, 3.05) is 11.4 Å². The number of carbonyl (C=O) groups excluding carboxylic acids is 1. The molecule has 0 unspecified atom stereocenters. The largest absolute Gasteiger partial charge is 0.497 e. The van der Waals surface area contributed by atoms with Gasteiger partial charge in [0.05, 0.1) is 36.2 Å². The summed E-state index contributed by atoms with van der Waals surface area (Å²) >= 11 is 0. The van der Waals surface area contributed by atoms with Crippen molar-refractivity contribution in [1.29, 1.82) is 0 Å². The van der Waals surface area contributed by atoms with E-state index in [1.807, 2.05) is 29.2 Å². The fourth-order valence-corrected chi connectivity index (χ4v) is 7.53. The maximum absolute atomic E-state index is 14.0. The highest BCUT2D eigenvalue weighted by Crippen LogP contribution is 2.53. The normalized spacial score (nSPS) is 23.3. The molecule has 0 aromatic heterocycles. The van der Waals surface area contributed by atoms with Gasteiger partial charge in [-0.3, -0.25) is 13.9 Å². The van der Waals surface area contributed by atoms with Gasteiger partial charge in [0, 0.05) is 18.4 Å². The Morgan fingerprint density at radius 2 is 1.74 bits per heavy atom. The van der Waals surface area contributed by atoms with Gasteiger partial charge >= 0.3 is 5.97 Å². The lowest BCUT2D eigenvalue weighted by Gasteiger charge is -2.48. The number of amides is 1. The number of carbonyl (C=O) groups is 2. The van der Waals surface area contributed by atoms with Crippen molar-refractivity contribution in [2.24, 2.45) is 5.92 Å². The summed E-state index contributed by atoms with van der Waals surface area (Å²) in [5, 5.41) is 9.13. The van der Waals surface area contributed by atoms with Crippen LogP contribution in [0.3, 0.4) is 0 Å². The SMILES string of the molecule is COc1ccc(S(=O)(=O)N2c3ccccc3[C@H](N(C(=O)CCC(=O)O)C3CC3)[C@H]3CCC[C@H]32)cc1. The standard InChI is InChI=1S/C26H30N2O6S/c1-34-18-11-13-19(14-12-18)35(32,33)28-22-7-3-2-5-20(22)26(21-6-4-8-23(21)28)27(17-9-10-17)24(29)15-16-25(30)31/h2-3,5,7,11-14,17,21,23,26H,4,6,8-10,15-16H2,1H3,(H,30,31)/t21-,23+,26-/m0/s1. The monoisotopic (exact) mass is 498 g/mol. The minimum absolute atomic E-state index is 0.0459. The Bertz CT molecular complexity index is 1220. The number of methoxy groups -OCH3 is 1. The Morgan fingerprint density at radius 1 is 1.03 bits per heavy atom. The first-order valence-electron chi connectivity index (χ1n) is 12.1. The first kappa shape index (κ1) is 23.7. The Labute approximate surface area is 205 Å². The molecule has 1 heterocycles. The topological polar surface area (TPSA) is 104 Å². The number of nitrogens with zero attached hydrogens (tertiary/aromatic N) is 2. The van der Waals surface area contributed by atoms with Crippen molar-refractivity contribution >= 4 is 27.6 Å². The van der Waals surface area contributed by atoms with Crippen molar-refractivity contribution < 1.29 is 27.9 Å². The second-order valence-electron chi connectivity index (χ2n) is 9.57. The number of fused-ring (bicyclic) bond motifs is 2. The number of para-hydroxylation sites is 1. The van der Waals surface area contributed by atoms with Crippen molar-refractivity contribution in [3.8, 4) is 5.75 Å². The molecule has 9 heteroatoms. The number of carboxylic acids is 1. The number of ether oxygens (including phenoxy) is 1. The third-order valence-electron chi connectivity index (χ3n) is 7.43. The number of hydrogen-bond donors (Lipinski definition) is 1. The molecule has 8 nitrogen and oxygen atoms in total. The van der Waals surface area contributed by atoms with E-state index in [1.54, 1.807) is 28.6 Å². The van der Waals surface area contributed by atoms with E-state index >= 15 is 0 Å². The third-order valence-corrected chi connectivity index (χ3v) is 9.28. The maximum atomic E-state index is 14.0. The zero-order valence-corrected chi connectivity index (χ0v) is 20.5. The number of hydrogen-bond acceptors (Lipinski definition) is 5. The first-order chi connectivity index (χ1) is 16.8. The van der Waals surface area contributed by atoms with Gasteiger partial charge in [-0.1, -0.05) is 24.6 Å². The van der Waals surface area contributed by atoms with Crippen molar-refractivity contribution in [2.45, 2.75) is 68.0 Å². The van der Waals surface area contributed by atoms with Crippen LogP contribution in [0.2, 0.25) is 0 Å². The quantitative estimate of drug-likeness (QED) is 0.591. The van der Waals surface area contributed by atoms with Gasteiger partial charge < -0.3 is 14.7 Å². The molecule has 3 aliphatic rings. The summed E-state index contributed by atoms with van der Waals surface area (Å²) in [6, 6.07) is 13.4. The van der Waals surface area contributed by atoms with E-state index in [2.05, 4.69) is 0 Å². The molecule has 1 aliphatic heterocycles. The molecule has 5 rings (SSSR count). The van der Waals surface area contributed by atoms with E-state index < -0.39 is 16.0 Å². The van der Waals surface area contributed by atoms with Crippen LogP contribution in [0.4, 0.5) is 5.69 Å². The Morgan fingerprint density at radius 3 is 2.40 bits per heavy atom. The lowest BCUT2D eigenvalue weighted by Crippen LogP contribution is -2.52. The van der Waals surface area contributed by atoms with Crippen LogP contribution in [0.5, 0.6) is 5.75 Å². The fourth-order valence-electron chi connectivity index (χ4n) is 5.78. The van der Waals surface area contributed by atoms with Gasteiger partial charge in [-0.15, -0.1) is 0 Å². The predicted octanol–water partition coefficient (Wildman–Crippen LogP) is 3.97. The van der Waals surface area contributed by atoms with Crippen LogP contribution in [-0.4, -0.2) is 49.5 Å². The molecule has 0 spiro atoms. The molecule has 0 radical (unpaired) electrons. The second kappa shape index (κ2) is 9.18. The molecule has 0 bridgehead atoms. The number of aliphatic carboxylic acids is 1. The maximum Gasteiger partial charge on any atom is 0.303 e. The average molecular weight is 499 g/mol. The molecule has 2 aromatic carbocycles. The number of rotatable bonds is 8.